The molecule has 6 nitrogen and oxygen atoms in total. The standard InChI is InChI=1S/C20H29N3O3/c1-2-16-15(13-22-9-3-4-10-22)12-17(26-16)18(24)23-11-7-20(14-23)6-5-8-21-19(20)25/h12H,2-11,13-14H2,1H3,(H,21,25)/t20-/m1/s1. The number of rotatable bonds is 4. The average molecular weight is 359 g/mol. The van der Waals surface area contributed by atoms with Gasteiger partial charge in [-0.25, -0.2) is 0 Å². The number of furan rings is 1. The fraction of sp³-hybridized carbons (Fsp3) is 0.700. The SMILES string of the molecule is CCc1oc(C(=O)N2CC[C@]3(CCCNC3=O)C2)cc1CN1CCCC1. The highest BCUT2D eigenvalue weighted by Crippen LogP contribution is 2.38. The maximum Gasteiger partial charge on any atom is 0.289 e. The molecular formula is C20H29N3O3. The van der Waals surface area contributed by atoms with Gasteiger partial charge in [-0.1, -0.05) is 6.92 Å². The Hall–Kier alpha value is -1.82. The first-order valence-corrected chi connectivity index (χ1v) is 10.0. The zero-order valence-corrected chi connectivity index (χ0v) is 15.7. The van der Waals surface area contributed by atoms with Crippen LogP contribution >= 0.6 is 0 Å². The minimum Gasteiger partial charge on any atom is -0.456 e. The molecule has 1 N–H and O–H groups in total. The van der Waals surface area contributed by atoms with Crippen molar-refractivity contribution in [3.05, 3.63) is 23.2 Å². The summed E-state index contributed by atoms with van der Waals surface area (Å²) in [6.07, 6.45) is 5.93. The Balaban J connectivity index is 1.48. The van der Waals surface area contributed by atoms with Crippen molar-refractivity contribution >= 4 is 11.8 Å². The van der Waals surface area contributed by atoms with Crippen LogP contribution in [0, 0.1) is 5.41 Å². The van der Waals surface area contributed by atoms with Gasteiger partial charge in [0.2, 0.25) is 5.91 Å². The molecule has 3 fully saturated rings. The zero-order valence-electron chi connectivity index (χ0n) is 15.7. The van der Waals surface area contributed by atoms with Gasteiger partial charge in [-0.15, -0.1) is 0 Å². The van der Waals surface area contributed by atoms with E-state index in [1.807, 2.05) is 11.0 Å². The van der Waals surface area contributed by atoms with Crippen LogP contribution in [0.5, 0.6) is 0 Å². The second kappa shape index (κ2) is 7.06. The van der Waals surface area contributed by atoms with E-state index in [2.05, 4.69) is 17.1 Å². The molecule has 4 heterocycles. The Morgan fingerprint density at radius 3 is 2.77 bits per heavy atom. The summed E-state index contributed by atoms with van der Waals surface area (Å²) in [5.41, 5.74) is 0.758. The van der Waals surface area contributed by atoms with E-state index >= 15 is 0 Å². The largest absolute Gasteiger partial charge is 0.456 e. The first-order chi connectivity index (χ1) is 12.6. The molecule has 4 rings (SSSR count). The lowest BCUT2D eigenvalue weighted by atomic mass is 9.79. The number of piperidine rings is 1. The van der Waals surface area contributed by atoms with Gasteiger partial charge in [0.15, 0.2) is 5.76 Å². The van der Waals surface area contributed by atoms with E-state index in [0.29, 0.717) is 18.8 Å². The van der Waals surface area contributed by atoms with Crippen LogP contribution in [0.15, 0.2) is 10.5 Å². The summed E-state index contributed by atoms with van der Waals surface area (Å²) in [6.45, 7) is 7.09. The third-order valence-electron chi connectivity index (χ3n) is 6.26. The molecule has 1 aromatic heterocycles. The fourth-order valence-corrected chi connectivity index (χ4v) is 4.71. The molecule has 1 atom stereocenters. The van der Waals surface area contributed by atoms with E-state index in [1.54, 1.807) is 0 Å². The van der Waals surface area contributed by atoms with E-state index in [-0.39, 0.29) is 17.2 Å². The Kier molecular flexibility index (Phi) is 4.78. The van der Waals surface area contributed by atoms with Crippen molar-refractivity contribution in [2.45, 2.75) is 52.0 Å². The quantitative estimate of drug-likeness (QED) is 0.895. The summed E-state index contributed by atoms with van der Waals surface area (Å²) in [5, 5.41) is 2.97. The number of nitrogens with zero attached hydrogens (tertiary/aromatic N) is 2. The highest BCUT2D eigenvalue weighted by Gasteiger charge is 2.47. The normalized spacial score (nSPS) is 26.7. The number of hydrogen-bond donors (Lipinski definition) is 1. The molecule has 2 amide bonds. The highest BCUT2D eigenvalue weighted by atomic mass is 16.4. The van der Waals surface area contributed by atoms with E-state index in [0.717, 1.165) is 63.2 Å². The van der Waals surface area contributed by atoms with Crippen LogP contribution in [0.25, 0.3) is 0 Å². The zero-order chi connectivity index (χ0) is 18.1. The van der Waals surface area contributed by atoms with Gasteiger partial charge in [0.05, 0.1) is 5.41 Å². The van der Waals surface area contributed by atoms with Gasteiger partial charge in [0, 0.05) is 38.2 Å². The van der Waals surface area contributed by atoms with Crippen molar-refractivity contribution in [2.75, 3.05) is 32.7 Å². The minimum absolute atomic E-state index is 0.0670. The van der Waals surface area contributed by atoms with Crippen LogP contribution in [0.1, 0.15) is 60.9 Å². The molecule has 3 aliphatic rings. The number of hydrogen-bond acceptors (Lipinski definition) is 4. The Labute approximate surface area is 154 Å². The predicted octanol–water partition coefficient (Wildman–Crippen LogP) is 2.18. The van der Waals surface area contributed by atoms with Gasteiger partial charge < -0.3 is 14.6 Å². The Morgan fingerprint density at radius 1 is 1.23 bits per heavy atom. The lowest BCUT2D eigenvalue weighted by Crippen LogP contribution is -2.47. The molecule has 6 heteroatoms. The molecule has 3 saturated heterocycles. The Bertz CT molecular complexity index is 692. The van der Waals surface area contributed by atoms with Crippen LogP contribution in [-0.4, -0.2) is 54.3 Å². The van der Waals surface area contributed by atoms with Gasteiger partial charge in [-0.05, 0) is 51.3 Å². The monoisotopic (exact) mass is 359 g/mol. The highest BCUT2D eigenvalue weighted by molar-refractivity contribution is 5.93. The summed E-state index contributed by atoms with van der Waals surface area (Å²) in [4.78, 5) is 29.6. The van der Waals surface area contributed by atoms with Gasteiger partial charge in [0.25, 0.3) is 5.91 Å². The van der Waals surface area contributed by atoms with Gasteiger partial charge in [-0.2, -0.15) is 0 Å². The number of amides is 2. The van der Waals surface area contributed by atoms with Crippen molar-refractivity contribution in [3.63, 3.8) is 0 Å². The molecule has 0 aromatic carbocycles. The molecule has 0 unspecified atom stereocenters. The third kappa shape index (κ3) is 3.15. The molecule has 0 saturated carbocycles. The van der Waals surface area contributed by atoms with E-state index < -0.39 is 0 Å². The maximum atomic E-state index is 13.0. The topological polar surface area (TPSA) is 65.8 Å². The van der Waals surface area contributed by atoms with Crippen molar-refractivity contribution < 1.29 is 14.0 Å². The molecule has 26 heavy (non-hydrogen) atoms. The summed E-state index contributed by atoms with van der Waals surface area (Å²) < 4.78 is 5.93. The van der Waals surface area contributed by atoms with Crippen molar-refractivity contribution in [3.8, 4) is 0 Å². The number of aryl methyl sites for hydroxylation is 1. The van der Waals surface area contributed by atoms with Gasteiger partial charge in [0.1, 0.15) is 5.76 Å². The first kappa shape index (κ1) is 17.6. The summed E-state index contributed by atoms with van der Waals surface area (Å²) >= 11 is 0. The third-order valence-corrected chi connectivity index (χ3v) is 6.26. The number of carbonyl (C=O) groups excluding carboxylic acids is 2. The van der Waals surface area contributed by atoms with Crippen LogP contribution in [0.3, 0.4) is 0 Å². The van der Waals surface area contributed by atoms with Crippen molar-refractivity contribution in [2.24, 2.45) is 5.41 Å². The number of carbonyl (C=O) groups is 2. The van der Waals surface area contributed by atoms with E-state index in [9.17, 15) is 9.59 Å². The van der Waals surface area contributed by atoms with Crippen LogP contribution in [0.4, 0.5) is 0 Å². The summed E-state index contributed by atoms with van der Waals surface area (Å²) in [6, 6.07) is 1.94. The molecule has 142 valence electrons. The van der Waals surface area contributed by atoms with Gasteiger partial charge >= 0.3 is 0 Å². The maximum absolute atomic E-state index is 13.0. The van der Waals surface area contributed by atoms with Crippen LogP contribution in [0.2, 0.25) is 0 Å². The predicted molar refractivity (Wildman–Crippen MR) is 97.8 cm³/mol. The minimum atomic E-state index is -0.382. The molecule has 3 aliphatic heterocycles. The first-order valence-electron chi connectivity index (χ1n) is 10.0. The molecule has 0 bridgehead atoms. The average Bonchev–Trinajstić information content (AvgIpc) is 3.38. The molecule has 1 spiro atoms. The molecular weight excluding hydrogens is 330 g/mol. The second-order valence-corrected chi connectivity index (χ2v) is 8.01. The lowest BCUT2D eigenvalue weighted by Gasteiger charge is -2.31. The van der Waals surface area contributed by atoms with Gasteiger partial charge in [-0.3, -0.25) is 14.5 Å². The summed E-state index contributed by atoms with van der Waals surface area (Å²) in [5.74, 6) is 1.40. The van der Waals surface area contributed by atoms with Crippen LogP contribution in [-0.2, 0) is 17.8 Å². The Morgan fingerprint density at radius 2 is 2.04 bits per heavy atom. The number of nitrogens with one attached hydrogen (secondary N) is 1. The van der Waals surface area contributed by atoms with E-state index in [1.165, 1.54) is 12.8 Å². The summed E-state index contributed by atoms with van der Waals surface area (Å²) in [7, 11) is 0. The smallest absolute Gasteiger partial charge is 0.289 e. The van der Waals surface area contributed by atoms with Crippen LogP contribution < -0.4 is 5.32 Å². The molecule has 0 radical (unpaired) electrons. The molecule has 0 aliphatic carbocycles. The van der Waals surface area contributed by atoms with Crippen molar-refractivity contribution in [1.82, 2.24) is 15.1 Å². The second-order valence-electron chi connectivity index (χ2n) is 8.01. The molecule has 1 aromatic rings. The fourth-order valence-electron chi connectivity index (χ4n) is 4.71. The van der Waals surface area contributed by atoms with Crippen molar-refractivity contribution in [1.29, 1.82) is 0 Å². The number of likely N-dealkylation sites (tertiary alicyclic amines) is 2. The lowest BCUT2D eigenvalue weighted by molar-refractivity contribution is -0.132. The van der Waals surface area contributed by atoms with E-state index in [4.69, 9.17) is 4.42 Å².